The van der Waals surface area contributed by atoms with Gasteiger partial charge in [0.15, 0.2) is 0 Å². The highest BCUT2D eigenvalue weighted by atomic mass is 35.5. The minimum atomic E-state index is -0.598. The van der Waals surface area contributed by atoms with E-state index in [1.165, 1.54) is 0 Å². The van der Waals surface area contributed by atoms with Crippen molar-refractivity contribution in [2.45, 2.75) is 32.4 Å². The van der Waals surface area contributed by atoms with Gasteiger partial charge in [0.25, 0.3) is 5.91 Å². The normalized spacial score (nSPS) is 12.9. The predicted molar refractivity (Wildman–Crippen MR) is 122 cm³/mol. The van der Waals surface area contributed by atoms with Gasteiger partial charge >= 0.3 is 0 Å². The van der Waals surface area contributed by atoms with Gasteiger partial charge in [-0.1, -0.05) is 30.7 Å². The highest BCUT2D eigenvalue weighted by Gasteiger charge is 2.19. The first-order valence-corrected chi connectivity index (χ1v) is 10.6. The van der Waals surface area contributed by atoms with Gasteiger partial charge in [0, 0.05) is 23.0 Å². The van der Waals surface area contributed by atoms with E-state index < -0.39 is 6.04 Å². The minimum absolute atomic E-state index is 0.0249. The fourth-order valence-electron chi connectivity index (χ4n) is 3.18. The monoisotopic (exact) mass is 459 g/mol. The smallest absolute Gasteiger partial charge is 0.268 e. The molecular formula is C22H26ClN5O4. The Hall–Kier alpha value is -2.98. The molecule has 1 aromatic carbocycles. The van der Waals surface area contributed by atoms with Crippen LogP contribution in [0.2, 0.25) is 5.02 Å². The number of rotatable bonds is 10. The molecule has 3 rings (SSSR count). The van der Waals surface area contributed by atoms with Crippen molar-refractivity contribution in [1.29, 1.82) is 0 Å². The molecule has 10 heteroatoms. The van der Waals surface area contributed by atoms with Gasteiger partial charge in [0.1, 0.15) is 12.3 Å². The number of aryl methyl sites for hydroxylation is 1. The first-order chi connectivity index (χ1) is 15.4. The maximum atomic E-state index is 12.8. The Kier molecular flexibility index (Phi) is 8.18. The number of aromatic nitrogens is 3. The van der Waals surface area contributed by atoms with Crippen LogP contribution in [-0.4, -0.2) is 50.5 Å². The molecule has 2 atom stereocenters. The molecule has 0 aliphatic heterocycles. The van der Waals surface area contributed by atoms with Crippen LogP contribution in [0.15, 0.2) is 42.7 Å². The Bertz CT molecular complexity index is 1050. The number of nitrogens with zero attached hydrogens (tertiary/aromatic N) is 2. The van der Waals surface area contributed by atoms with Crippen LogP contribution in [0.5, 0.6) is 0 Å². The molecule has 2 aromatic heterocycles. The number of hydrogen-bond donors (Lipinski definition) is 5. The van der Waals surface area contributed by atoms with Crippen LogP contribution in [0.1, 0.15) is 41.0 Å². The van der Waals surface area contributed by atoms with Crippen LogP contribution in [0.25, 0.3) is 11.3 Å². The Labute approximate surface area is 190 Å². The zero-order chi connectivity index (χ0) is 23.1. The average molecular weight is 460 g/mol. The summed E-state index contributed by atoms with van der Waals surface area (Å²) >= 11 is 6.04. The third kappa shape index (κ3) is 5.83. The molecule has 0 spiro atoms. The summed E-state index contributed by atoms with van der Waals surface area (Å²) in [5.41, 5.74) is 3.23. The van der Waals surface area contributed by atoms with Crippen LogP contribution >= 0.6 is 11.6 Å². The molecule has 0 bridgehead atoms. The summed E-state index contributed by atoms with van der Waals surface area (Å²) in [6, 6.07) is 7.90. The second-order valence-corrected chi connectivity index (χ2v) is 7.77. The van der Waals surface area contributed by atoms with E-state index in [0.717, 1.165) is 12.0 Å². The Morgan fingerprint density at radius 3 is 2.84 bits per heavy atom. The zero-order valence-electron chi connectivity index (χ0n) is 17.8. The topological polar surface area (TPSA) is 132 Å². The van der Waals surface area contributed by atoms with Crippen molar-refractivity contribution in [2.24, 2.45) is 0 Å². The summed E-state index contributed by atoms with van der Waals surface area (Å²) in [7, 11) is 0. The first kappa shape index (κ1) is 23.7. The predicted octanol–water partition coefficient (Wildman–Crippen LogP) is 3.58. The SMILES string of the molecule is CCC(CO)Nc1ncc(C)c(-c2c[nH]c(C(=O)NC(COO)c3cccc(Cl)c3)c2)n1. The number of aliphatic hydroxyl groups excluding tert-OH is 1. The van der Waals surface area contributed by atoms with Crippen molar-refractivity contribution in [3.05, 3.63) is 64.6 Å². The number of anilines is 1. The molecule has 3 aromatic rings. The van der Waals surface area contributed by atoms with Gasteiger partial charge in [-0.05, 0) is 42.7 Å². The number of aliphatic hydroxyl groups is 1. The van der Waals surface area contributed by atoms with E-state index in [9.17, 15) is 9.90 Å². The Morgan fingerprint density at radius 2 is 2.16 bits per heavy atom. The van der Waals surface area contributed by atoms with Gasteiger partial charge < -0.3 is 20.7 Å². The molecule has 0 saturated heterocycles. The molecule has 2 heterocycles. The molecular weight excluding hydrogens is 434 g/mol. The molecule has 32 heavy (non-hydrogen) atoms. The van der Waals surface area contributed by atoms with Crippen LogP contribution in [0, 0.1) is 6.92 Å². The van der Waals surface area contributed by atoms with Crippen molar-refractivity contribution in [1.82, 2.24) is 20.3 Å². The van der Waals surface area contributed by atoms with Gasteiger partial charge in [-0.3, -0.25) is 10.1 Å². The van der Waals surface area contributed by atoms with E-state index in [1.54, 1.807) is 42.7 Å². The van der Waals surface area contributed by atoms with E-state index in [0.29, 0.717) is 33.5 Å². The van der Waals surface area contributed by atoms with Gasteiger partial charge in [-0.25, -0.2) is 14.9 Å². The summed E-state index contributed by atoms with van der Waals surface area (Å²) in [4.78, 5) is 28.9. The number of amides is 1. The Balaban J connectivity index is 1.79. The lowest BCUT2D eigenvalue weighted by Gasteiger charge is -2.17. The van der Waals surface area contributed by atoms with Crippen molar-refractivity contribution in [3.8, 4) is 11.3 Å². The van der Waals surface area contributed by atoms with Crippen LogP contribution in [0.3, 0.4) is 0 Å². The maximum Gasteiger partial charge on any atom is 0.268 e. The standard InChI is InChI=1S/C22H26ClN5O4/c1-3-17(11-29)26-22-25-9-13(2)20(28-22)15-8-18(24-10-15)21(30)27-19(12-32-31)14-5-4-6-16(23)7-14/h4-10,17,19,24,29,31H,3,11-12H2,1-2H3,(H,27,30)(H,25,26,28). The van der Waals surface area contributed by atoms with Crippen LogP contribution in [0.4, 0.5) is 5.95 Å². The van der Waals surface area contributed by atoms with E-state index >= 15 is 0 Å². The molecule has 0 aliphatic carbocycles. The lowest BCUT2D eigenvalue weighted by molar-refractivity contribution is -0.246. The number of halogens is 1. The first-order valence-electron chi connectivity index (χ1n) is 10.2. The second-order valence-electron chi connectivity index (χ2n) is 7.34. The molecule has 0 aliphatic rings. The van der Waals surface area contributed by atoms with Gasteiger partial charge in [0.05, 0.1) is 24.4 Å². The van der Waals surface area contributed by atoms with Crippen molar-refractivity contribution in [3.63, 3.8) is 0 Å². The lowest BCUT2D eigenvalue weighted by atomic mass is 10.1. The molecule has 170 valence electrons. The third-order valence-corrected chi connectivity index (χ3v) is 5.25. The average Bonchev–Trinajstić information content (AvgIpc) is 3.28. The van der Waals surface area contributed by atoms with Gasteiger partial charge in [0.2, 0.25) is 5.95 Å². The number of benzene rings is 1. The molecule has 5 N–H and O–H groups in total. The van der Waals surface area contributed by atoms with E-state index in [2.05, 4.69) is 30.5 Å². The van der Waals surface area contributed by atoms with E-state index in [-0.39, 0.29) is 25.2 Å². The summed E-state index contributed by atoms with van der Waals surface area (Å²) in [6.07, 6.45) is 4.10. The molecule has 9 nitrogen and oxygen atoms in total. The number of aromatic amines is 1. The molecule has 0 saturated carbocycles. The minimum Gasteiger partial charge on any atom is -0.394 e. The third-order valence-electron chi connectivity index (χ3n) is 5.02. The number of nitrogens with one attached hydrogen (secondary N) is 3. The summed E-state index contributed by atoms with van der Waals surface area (Å²) in [6.45, 7) is 3.67. The second kappa shape index (κ2) is 11.1. The highest BCUT2D eigenvalue weighted by Crippen LogP contribution is 2.24. The quantitative estimate of drug-likeness (QED) is 0.231. The largest absolute Gasteiger partial charge is 0.394 e. The number of carbonyl (C=O) groups is 1. The maximum absolute atomic E-state index is 12.8. The number of H-pyrrole nitrogens is 1. The summed E-state index contributed by atoms with van der Waals surface area (Å²) in [5, 5.41) is 24.8. The zero-order valence-corrected chi connectivity index (χ0v) is 18.6. The number of carbonyl (C=O) groups excluding carboxylic acids is 1. The van der Waals surface area contributed by atoms with Crippen molar-refractivity contribution < 1.29 is 20.0 Å². The highest BCUT2D eigenvalue weighted by molar-refractivity contribution is 6.30. The molecule has 0 fully saturated rings. The molecule has 1 amide bonds. The van der Waals surface area contributed by atoms with Gasteiger partial charge in [-0.15, -0.1) is 0 Å². The van der Waals surface area contributed by atoms with Crippen molar-refractivity contribution in [2.75, 3.05) is 18.5 Å². The van der Waals surface area contributed by atoms with Gasteiger partial charge in [-0.2, -0.15) is 0 Å². The van der Waals surface area contributed by atoms with E-state index in [4.69, 9.17) is 16.9 Å². The van der Waals surface area contributed by atoms with Crippen LogP contribution in [-0.2, 0) is 4.89 Å². The summed E-state index contributed by atoms with van der Waals surface area (Å²) < 4.78 is 0. The van der Waals surface area contributed by atoms with Crippen molar-refractivity contribution >= 4 is 23.5 Å². The summed E-state index contributed by atoms with van der Waals surface area (Å²) in [5.74, 6) is 0.0227. The number of hydrogen-bond acceptors (Lipinski definition) is 7. The lowest BCUT2D eigenvalue weighted by Crippen LogP contribution is -2.31. The molecule has 2 unspecified atom stereocenters. The van der Waals surface area contributed by atoms with Crippen LogP contribution < -0.4 is 10.6 Å². The van der Waals surface area contributed by atoms with E-state index in [1.807, 2.05) is 13.8 Å². The fourth-order valence-corrected chi connectivity index (χ4v) is 3.38. The molecule has 0 radical (unpaired) electrons. The Morgan fingerprint density at radius 1 is 1.34 bits per heavy atom. The fraction of sp³-hybridized carbons (Fsp3) is 0.318.